The molecule has 0 bridgehead atoms. The molecule has 2 amide bonds. The molecule has 0 saturated carbocycles. The molecule has 8 nitrogen and oxygen atoms in total. The van der Waals surface area contributed by atoms with Crippen molar-refractivity contribution in [1.29, 1.82) is 0 Å². The summed E-state index contributed by atoms with van der Waals surface area (Å²) in [7, 11) is -3.87. The third-order valence-corrected chi connectivity index (χ3v) is 7.77. The molecule has 0 aliphatic rings. The lowest BCUT2D eigenvalue weighted by Crippen LogP contribution is -2.47. The highest BCUT2D eigenvalue weighted by Gasteiger charge is 2.27. The highest BCUT2D eigenvalue weighted by Crippen LogP contribution is 2.20. The highest BCUT2D eigenvalue weighted by molar-refractivity contribution is 7.89. The number of thiophene rings is 1. The van der Waals surface area contributed by atoms with Gasteiger partial charge in [-0.05, 0) is 48.6 Å². The molecule has 4 rings (SSSR count). The van der Waals surface area contributed by atoms with Crippen molar-refractivity contribution in [1.82, 2.24) is 15.0 Å². The van der Waals surface area contributed by atoms with Gasteiger partial charge in [0.25, 0.3) is 0 Å². The van der Waals surface area contributed by atoms with Crippen molar-refractivity contribution in [2.75, 3.05) is 0 Å². The summed E-state index contributed by atoms with van der Waals surface area (Å²) in [5.74, 6) is -0.612. The minimum absolute atomic E-state index is 0.132. The number of sulfonamides is 1. The topological polar surface area (TPSA) is 134 Å². The molecule has 2 aromatic heterocycles. The number of amides is 2. The number of aromatic amines is 1. The predicted molar refractivity (Wildman–Crippen MR) is 143 cm³/mol. The van der Waals surface area contributed by atoms with E-state index in [1.165, 1.54) is 11.3 Å². The highest BCUT2D eigenvalue weighted by atomic mass is 32.2. The Hall–Kier alpha value is -3.47. The first kappa shape index (κ1) is 27.1. The first-order chi connectivity index (χ1) is 17.2. The molecule has 0 saturated heterocycles. The summed E-state index contributed by atoms with van der Waals surface area (Å²) in [4.78, 5) is 26.9. The summed E-state index contributed by atoms with van der Waals surface area (Å²) in [6.45, 7) is 3.97. The second kappa shape index (κ2) is 12.5. The fourth-order valence-corrected chi connectivity index (χ4v) is 5.23. The summed E-state index contributed by atoms with van der Waals surface area (Å²) in [6.07, 6.45) is 2.50. The van der Waals surface area contributed by atoms with Gasteiger partial charge in [0.05, 0.1) is 11.4 Å². The van der Waals surface area contributed by atoms with Crippen LogP contribution in [0.15, 0.2) is 77.1 Å². The number of fused-ring (bicyclic) bond motifs is 1. The third-order valence-electron chi connectivity index (χ3n) is 5.41. The Kier molecular flexibility index (Phi) is 9.40. The van der Waals surface area contributed by atoms with Crippen LogP contribution in [0.4, 0.5) is 0 Å². The second-order valence-electron chi connectivity index (χ2n) is 8.17. The van der Waals surface area contributed by atoms with Crippen LogP contribution >= 0.6 is 11.3 Å². The molecule has 4 aromatic rings. The van der Waals surface area contributed by atoms with Gasteiger partial charge >= 0.3 is 0 Å². The van der Waals surface area contributed by atoms with E-state index in [0.717, 1.165) is 26.9 Å². The number of nitrogens with two attached hydrogens (primary N) is 1. The molecular formula is C26H30N4O4S2. The average molecular weight is 527 g/mol. The summed E-state index contributed by atoms with van der Waals surface area (Å²) in [5, 5.41) is 5.76. The van der Waals surface area contributed by atoms with Crippen LogP contribution in [0.2, 0.25) is 0 Å². The van der Waals surface area contributed by atoms with Gasteiger partial charge in [0.2, 0.25) is 21.8 Å². The molecule has 10 heteroatoms. The number of hydrogen-bond acceptors (Lipinski definition) is 5. The lowest BCUT2D eigenvalue weighted by Gasteiger charge is -2.18. The van der Waals surface area contributed by atoms with E-state index in [2.05, 4.69) is 20.8 Å². The SMILES string of the molecule is CCC(N)=O.Cc1ccc(S(=O)(=O)N[C@@H](Cc2c[nH]c3ccccc23)C(=O)NCc2cccs2)cc1. The van der Waals surface area contributed by atoms with Crippen molar-refractivity contribution >= 4 is 44.1 Å². The van der Waals surface area contributed by atoms with Gasteiger partial charge < -0.3 is 16.0 Å². The fraction of sp³-hybridized carbons (Fsp3) is 0.231. The zero-order valence-electron chi connectivity index (χ0n) is 20.2. The van der Waals surface area contributed by atoms with Crippen LogP contribution < -0.4 is 15.8 Å². The maximum Gasteiger partial charge on any atom is 0.241 e. The van der Waals surface area contributed by atoms with Gasteiger partial charge in [-0.2, -0.15) is 4.72 Å². The van der Waals surface area contributed by atoms with Crippen molar-refractivity contribution < 1.29 is 18.0 Å². The molecule has 0 aliphatic heterocycles. The maximum absolute atomic E-state index is 13.0. The number of nitrogens with one attached hydrogen (secondary N) is 3. The summed E-state index contributed by atoms with van der Waals surface area (Å²) < 4.78 is 28.6. The van der Waals surface area contributed by atoms with E-state index in [-0.39, 0.29) is 23.1 Å². The Bertz CT molecular complexity index is 1400. The largest absolute Gasteiger partial charge is 0.370 e. The quantitative estimate of drug-likeness (QED) is 0.265. The van der Waals surface area contributed by atoms with E-state index in [0.29, 0.717) is 13.0 Å². The number of para-hydroxylation sites is 1. The number of rotatable bonds is 9. The number of aromatic nitrogens is 1. The van der Waals surface area contributed by atoms with Crippen molar-refractivity contribution in [3.05, 3.63) is 88.2 Å². The summed E-state index contributed by atoms with van der Waals surface area (Å²) in [6, 6.07) is 17.2. The van der Waals surface area contributed by atoms with Gasteiger partial charge in [-0.15, -0.1) is 11.3 Å². The Balaban J connectivity index is 0.000000658. The van der Waals surface area contributed by atoms with Crippen molar-refractivity contribution in [2.24, 2.45) is 5.73 Å². The number of carbonyl (C=O) groups is 2. The molecule has 2 aromatic carbocycles. The number of benzene rings is 2. The predicted octanol–water partition coefficient (Wildman–Crippen LogP) is 3.63. The summed E-state index contributed by atoms with van der Waals surface area (Å²) >= 11 is 1.54. The van der Waals surface area contributed by atoms with Crippen LogP contribution in [-0.4, -0.2) is 31.3 Å². The van der Waals surface area contributed by atoms with Gasteiger partial charge in [0.15, 0.2) is 0 Å². The molecule has 0 fully saturated rings. The van der Waals surface area contributed by atoms with E-state index < -0.39 is 16.1 Å². The van der Waals surface area contributed by atoms with Crippen LogP contribution in [0.1, 0.15) is 29.3 Å². The molecule has 36 heavy (non-hydrogen) atoms. The molecular weight excluding hydrogens is 496 g/mol. The smallest absolute Gasteiger partial charge is 0.241 e. The molecule has 0 aliphatic carbocycles. The van der Waals surface area contributed by atoms with E-state index in [4.69, 9.17) is 0 Å². The van der Waals surface area contributed by atoms with Crippen LogP contribution in [0.25, 0.3) is 10.9 Å². The number of carbonyl (C=O) groups excluding carboxylic acids is 2. The normalized spacial score (nSPS) is 11.9. The van der Waals surface area contributed by atoms with Gasteiger partial charge in [-0.25, -0.2) is 8.42 Å². The first-order valence-electron chi connectivity index (χ1n) is 11.4. The molecule has 5 N–H and O–H groups in total. The zero-order valence-corrected chi connectivity index (χ0v) is 21.8. The van der Waals surface area contributed by atoms with Crippen molar-refractivity contribution in [2.45, 2.75) is 44.2 Å². The van der Waals surface area contributed by atoms with Crippen LogP contribution in [0.5, 0.6) is 0 Å². The molecule has 1 atom stereocenters. The van der Waals surface area contributed by atoms with Gasteiger partial charge in [-0.1, -0.05) is 48.9 Å². The first-order valence-corrected chi connectivity index (χ1v) is 13.8. The minimum atomic E-state index is -3.87. The van der Waals surface area contributed by atoms with E-state index in [9.17, 15) is 18.0 Å². The Labute approximate surface area is 215 Å². The third kappa shape index (κ3) is 7.51. The minimum Gasteiger partial charge on any atom is -0.370 e. The number of hydrogen-bond donors (Lipinski definition) is 4. The van der Waals surface area contributed by atoms with Crippen molar-refractivity contribution in [3.63, 3.8) is 0 Å². The van der Waals surface area contributed by atoms with Gasteiger partial charge in [0, 0.05) is 28.4 Å². The fourth-order valence-electron chi connectivity index (χ4n) is 3.39. The van der Waals surface area contributed by atoms with Crippen LogP contribution in [-0.2, 0) is 32.6 Å². The molecule has 2 heterocycles. The van der Waals surface area contributed by atoms with Gasteiger partial charge in [0.1, 0.15) is 6.04 Å². The zero-order chi connectivity index (χ0) is 26.1. The lowest BCUT2D eigenvalue weighted by atomic mass is 10.1. The average Bonchev–Trinajstić information content (AvgIpc) is 3.53. The van der Waals surface area contributed by atoms with Crippen LogP contribution in [0.3, 0.4) is 0 Å². The van der Waals surface area contributed by atoms with Gasteiger partial charge in [-0.3, -0.25) is 9.59 Å². The molecule has 0 spiro atoms. The second-order valence-corrected chi connectivity index (χ2v) is 10.9. The number of aryl methyl sites for hydroxylation is 1. The monoisotopic (exact) mass is 526 g/mol. The molecule has 190 valence electrons. The number of primary amides is 1. The Morgan fingerprint density at radius 1 is 1.06 bits per heavy atom. The number of H-pyrrole nitrogens is 1. The summed E-state index contributed by atoms with van der Waals surface area (Å²) in [5.41, 5.74) is 7.43. The molecule has 0 radical (unpaired) electrons. The maximum atomic E-state index is 13.0. The Morgan fingerprint density at radius 3 is 2.39 bits per heavy atom. The van der Waals surface area contributed by atoms with E-state index >= 15 is 0 Å². The van der Waals surface area contributed by atoms with Crippen LogP contribution in [0, 0.1) is 6.92 Å². The Morgan fingerprint density at radius 2 is 1.75 bits per heavy atom. The lowest BCUT2D eigenvalue weighted by molar-refractivity contribution is -0.123. The van der Waals surface area contributed by atoms with Crippen molar-refractivity contribution in [3.8, 4) is 0 Å². The van der Waals surface area contributed by atoms with E-state index in [1.807, 2.05) is 54.9 Å². The molecule has 0 unspecified atom stereocenters. The van der Waals surface area contributed by atoms with E-state index in [1.54, 1.807) is 31.2 Å². The standard InChI is InChI=1S/C23H23N3O3S2.C3H7NO/c1-16-8-10-19(11-9-16)31(28,29)26-22(23(27)25-15-18-5-4-12-30-18)13-17-14-24-21-7-3-2-6-20(17)21;1-2-3(4)5/h2-12,14,22,24,26H,13,15H2,1H3,(H,25,27);2H2,1H3,(H2,4,5)/t22-;/m0./s1.